The maximum Gasteiger partial charge on any atom is 0.0722 e. The zero-order valence-corrected chi connectivity index (χ0v) is 8.18. The standard InChI is InChI=1S/C9H21NO.H2/c1-5-10-7-9(8(3)4)11-6-2;/h8-10H,5-7H2,1-4H3;1H. The summed E-state index contributed by atoms with van der Waals surface area (Å²) < 4.78 is 5.54. The SMILES string of the molecule is CCNCC(OCC)C(C)C.[HH]. The topological polar surface area (TPSA) is 21.3 Å². The number of likely N-dealkylation sites (N-methyl/N-ethyl adjacent to an activating group) is 1. The van der Waals surface area contributed by atoms with E-state index in [1.165, 1.54) is 0 Å². The second-order valence-electron chi connectivity index (χ2n) is 3.05. The quantitative estimate of drug-likeness (QED) is 0.642. The van der Waals surface area contributed by atoms with E-state index in [-0.39, 0.29) is 1.43 Å². The molecule has 0 aromatic rings. The molecule has 0 aliphatic heterocycles. The highest BCUT2D eigenvalue weighted by atomic mass is 16.5. The average molecular weight is 161 g/mol. The summed E-state index contributed by atoms with van der Waals surface area (Å²) in [6.07, 6.45) is 0.375. The smallest absolute Gasteiger partial charge is 0.0722 e. The second kappa shape index (κ2) is 6.62. The third kappa shape index (κ3) is 5.22. The van der Waals surface area contributed by atoms with Crippen molar-refractivity contribution < 1.29 is 6.16 Å². The molecular weight excluding hydrogens is 138 g/mol. The van der Waals surface area contributed by atoms with Crippen LogP contribution < -0.4 is 5.32 Å². The molecular formula is C9H23NO. The molecule has 0 bridgehead atoms. The minimum Gasteiger partial charge on any atom is -0.377 e. The minimum atomic E-state index is 0. The Bertz CT molecular complexity index is 88.6. The Kier molecular flexibility index (Phi) is 6.57. The van der Waals surface area contributed by atoms with Gasteiger partial charge in [-0.15, -0.1) is 0 Å². The maximum atomic E-state index is 5.54. The van der Waals surface area contributed by atoms with Crippen LogP contribution in [-0.2, 0) is 4.74 Å². The summed E-state index contributed by atoms with van der Waals surface area (Å²) in [6, 6.07) is 0. The molecule has 0 aliphatic rings. The lowest BCUT2D eigenvalue weighted by molar-refractivity contribution is 0.0315. The normalized spacial score (nSPS) is 13.9. The Morgan fingerprint density at radius 1 is 1.36 bits per heavy atom. The van der Waals surface area contributed by atoms with Crippen molar-refractivity contribution in [2.45, 2.75) is 33.8 Å². The zero-order valence-electron chi connectivity index (χ0n) is 8.18. The molecule has 2 heteroatoms. The highest BCUT2D eigenvalue weighted by Gasteiger charge is 2.11. The van der Waals surface area contributed by atoms with Crippen LogP contribution >= 0.6 is 0 Å². The van der Waals surface area contributed by atoms with E-state index in [0.717, 1.165) is 19.7 Å². The molecule has 2 nitrogen and oxygen atoms in total. The van der Waals surface area contributed by atoms with E-state index in [4.69, 9.17) is 4.74 Å². The predicted octanol–water partition coefficient (Wildman–Crippen LogP) is 1.90. The third-order valence-corrected chi connectivity index (χ3v) is 1.72. The Labute approximate surface area is 71.8 Å². The summed E-state index contributed by atoms with van der Waals surface area (Å²) in [4.78, 5) is 0. The van der Waals surface area contributed by atoms with Gasteiger partial charge in [-0.2, -0.15) is 0 Å². The van der Waals surface area contributed by atoms with Crippen molar-refractivity contribution in [3.63, 3.8) is 0 Å². The van der Waals surface area contributed by atoms with Crippen LogP contribution in [0.5, 0.6) is 0 Å². The zero-order chi connectivity index (χ0) is 8.69. The predicted molar refractivity (Wildman–Crippen MR) is 50.9 cm³/mol. The molecule has 0 aromatic heterocycles. The molecule has 1 unspecified atom stereocenters. The van der Waals surface area contributed by atoms with Gasteiger partial charge in [-0.3, -0.25) is 0 Å². The van der Waals surface area contributed by atoms with E-state index < -0.39 is 0 Å². The van der Waals surface area contributed by atoms with Gasteiger partial charge in [-0.05, 0) is 19.4 Å². The van der Waals surface area contributed by atoms with Crippen LogP contribution in [0, 0.1) is 5.92 Å². The lowest BCUT2D eigenvalue weighted by Gasteiger charge is -2.20. The molecule has 0 heterocycles. The van der Waals surface area contributed by atoms with Crippen LogP contribution in [0.3, 0.4) is 0 Å². The summed E-state index contributed by atoms with van der Waals surface area (Å²) >= 11 is 0. The molecule has 1 atom stereocenters. The van der Waals surface area contributed by atoms with Crippen LogP contribution in [-0.4, -0.2) is 25.8 Å². The summed E-state index contributed by atoms with van der Waals surface area (Å²) in [5, 5.41) is 3.29. The summed E-state index contributed by atoms with van der Waals surface area (Å²) in [6.45, 7) is 11.4. The van der Waals surface area contributed by atoms with Gasteiger partial charge in [0.1, 0.15) is 0 Å². The molecule has 0 saturated carbocycles. The molecule has 0 radical (unpaired) electrons. The Morgan fingerprint density at radius 2 is 2.00 bits per heavy atom. The first-order valence-corrected chi connectivity index (χ1v) is 4.54. The molecule has 0 saturated heterocycles. The van der Waals surface area contributed by atoms with Crippen LogP contribution in [0.15, 0.2) is 0 Å². The largest absolute Gasteiger partial charge is 0.377 e. The van der Waals surface area contributed by atoms with E-state index >= 15 is 0 Å². The van der Waals surface area contributed by atoms with Crippen molar-refractivity contribution >= 4 is 0 Å². The fourth-order valence-electron chi connectivity index (χ4n) is 0.988. The maximum absolute atomic E-state index is 5.54. The highest BCUT2D eigenvalue weighted by Crippen LogP contribution is 2.04. The number of hydrogen-bond donors (Lipinski definition) is 1. The Hall–Kier alpha value is -0.0800. The molecule has 0 spiro atoms. The van der Waals surface area contributed by atoms with Gasteiger partial charge < -0.3 is 10.1 Å². The van der Waals surface area contributed by atoms with Crippen molar-refractivity contribution in [1.29, 1.82) is 0 Å². The molecule has 0 rings (SSSR count). The van der Waals surface area contributed by atoms with Gasteiger partial charge in [0, 0.05) is 14.6 Å². The van der Waals surface area contributed by atoms with Crippen molar-refractivity contribution in [3.05, 3.63) is 0 Å². The first kappa shape index (κ1) is 10.9. The first-order valence-electron chi connectivity index (χ1n) is 4.54. The van der Waals surface area contributed by atoms with E-state index in [1.807, 2.05) is 6.92 Å². The van der Waals surface area contributed by atoms with Crippen LogP contribution in [0.25, 0.3) is 0 Å². The van der Waals surface area contributed by atoms with Gasteiger partial charge in [0.25, 0.3) is 0 Å². The van der Waals surface area contributed by atoms with Gasteiger partial charge in [-0.25, -0.2) is 0 Å². The van der Waals surface area contributed by atoms with Gasteiger partial charge in [0.05, 0.1) is 6.10 Å². The first-order chi connectivity index (χ1) is 5.22. The second-order valence-corrected chi connectivity index (χ2v) is 3.05. The molecule has 70 valence electrons. The number of rotatable bonds is 6. The lowest BCUT2D eigenvalue weighted by Crippen LogP contribution is -2.33. The van der Waals surface area contributed by atoms with E-state index in [0.29, 0.717) is 12.0 Å². The highest BCUT2D eigenvalue weighted by molar-refractivity contribution is 4.64. The molecule has 11 heavy (non-hydrogen) atoms. The fraction of sp³-hybridized carbons (Fsp3) is 1.00. The monoisotopic (exact) mass is 161 g/mol. The van der Waals surface area contributed by atoms with Gasteiger partial charge >= 0.3 is 0 Å². The van der Waals surface area contributed by atoms with Gasteiger partial charge in [-0.1, -0.05) is 20.8 Å². The minimum absolute atomic E-state index is 0. The average Bonchev–Trinajstić information content (AvgIpc) is 1.97. The van der Waals surface area contributed by atoms with Crippen molar-refractivity contribution in [2.75, 3.05) is 19.7 Å². The molecule has 0 aliphatic carbocycles. The van der Waals surface area contributed by atoms with Crippen molar-refractivity contribution in [1.82, 2.24) is 5.32 Å². The number of hydrogen-bond acceptors (Lipinski definition) is 2. The summed E-state index contributed by atoms with van der Waals surface area (Å²) in [5.41, 5.74) is 0. The van der Waals surface area contributed by atoms with Crippen molar-refractivity contribution in [2.24, 2.45) is 5.92 Å². The van der Waals surface area contributed by atoms with E-state index in [9.17, 15) is 0 Å². The van der Waals surface area contributed by atoms with E-state index in [1.54, 1.807) is 0 Å². The number of ether oxygens (including phenoxy) is 1. The van der Waals surface area contributed by atoms with Crippen LogP contribution in [0.2, 0.25) is 0 Å². The molecule has 1 N–H and O–H groups in total. The summed E-state index contributed by atoms with van der Waals surface area (Å²) in [5.74, 6) is 0.606. The van der Waals surface area contributed by atoms with Crippen LogP contribution in [0.1, 0.15) is 29.1 Å². The summed E-state index contributed by atoms with van der Waals surface area (Å²) in [7, 11) is 0. The van der Waals surface area contributed by atoms with Gasteiger partial charge in [0.2, 0.25) is 0 Å². The molecule has 0 aromatic carbocycles. The fourth-order valence-corrected chi connectivity index (χ4v) is 0.988. The Balaban J connectivity index is 0. The van der Waals surface area contributed by atoms with Crippen LogP contribution in [0.4, 0.5) is 0 Å². The van der Waals surface area contributed by atoms with E-state index in [2.05, 4.69) is 26.1 Å². The Morgan fingerprint density at radius 3 is 2.36 bits per heavy atom. The molecule has 0 amide bonds. The third-order valence-electron chi connectivity index (χ3n) is 1.72. The number of nitrogens with one attached hydrogen (secondary N) is 1. The van der Waals surface area contributed by atoms with Crippen molar-refractivity contribution in [3.8, 4) is 0 Å². The molecule has 0 fully saturated rings. The van der Waals surface area contributed by atoms with Gasteiger partial charge in [0.15, 0.2) is 0 Å². The lowest BCUT2D eigenvalue weighted by atomic mass is 10.1.